The van der Waals surface area contributed by atoms with E-state index < -0.39 is 0 Å². The Hall–Kier alpha value is -2.82. The number of ether oxygens (including phenoxy) is 1. The molecule has 140 valence electrons. The van der Waals surface area contributed by atoms with Crippen LogP contribution in [0, 0.1) is 5.92 Å². The summed E-state index contributed by atoms with van der Waals surface area (Å²) in [6.07, 6.45) is 1.83. The highest BCUT2D eigenvalue weighted by Gasteiger charge is 2.40. The largest absolute Gasteiger partial charge is 0.488 e. The smallest absolute Gasteiger partial charge is 0.257 e. The molecule has 5 heteroatoms. The number of carbonyl (C=O) groups is 2. The van der Waals surface area contributed by atoms with E-state index in [2.05, 4.69) is 0 Å². The van der Waals surface area contributed by atoms with Crippen LogP contribution in [0.15, 0.2) is 54.6 Å². The second kappa shape index (κ2) is 7.43. The highest BCUT2D eigenvalue weighted by Crippen LogP contribution is 2.30. The summed E-state index contributed by atoms with van der Waals surface area (Å²) in [7, 11) is 1.85. The number of hydrogen-bond donors (Lipinski definition) is 0. The van der Waals surface area contributed by atoms with Crippen molar-refractivity contribution in [3.63, 3.8) is 0 Å². The molecule has 2 amide bonds. The molecule has 2 atom stereocenters. The average Bonchev–Trinajstić information content (AvgIpc) is 3.00. The minimum atomic E-state index is -0.0879. The van der Waals surface area contributed by atoms with Gasteiger partial charge in [0.05, 0.1) is 11.5 Å². The SMILES string of the molecule is CN1C(=O)[C@H]2CC[C@@H]1CN(C(=O)c1ccccc1OCc1ccccc1)C2. The topological polar surface area (TPSA) is 49.9 Å². The van der Waals surface area contributed by atoms with Gasteiger partial charge in [-0.2, -0.15) is 0 Å². The van der Waals surface area contributed by atoms with E-state index in [0.29, 0.717) is 31.0 Å². The van der Waals surface area contributed by atoms with Gasteiger partial charge in [0.2, 0.25) is 5.91 Å². The van der Waals surface area contributed by atoms with Crippen LogP contribution < -0.4 is 4.74 Å². The molecule has 0 aliphatic carbocycles. The van der Waals surface area contributed by atoms with Gasteiger partial charge < -0.3 is 14.5 Å². The quantitative estimate of drug-likeness (QED) is 0.838. The number of nitrogens with zero attached hydrogens (tertiary/aromatic N) is 2. The van der Waals surface area contributed by atoms with Gasteiger partial charge in [-0.25, -0.2) is 0 Å². The van der Waals surface area contributed by atoms with E-state index in [1.54, 1.807) is 6.07 Å². The van der Waals surface area contributed by atoms with Crippen LogP contribution in [-0.4, -0.2) is 47.8 Å². The maximum Gasteiger partial charge on any atom is 0.257 e. The predicted molar refractivity (Wildman–Crippen MR) is 102 cm³/mol. The van der Waals surface area contributed by atoms with Crippen LogP contribution in [-0.2, 0) is 11.4 Å². The van der Waals surface area contributed by atoms with Crippen LogP contribution in [0.1, 0.15) is 28.8 Å². The number of para-hydroxylation sites is 1. The molecular weight excluding hydrogens is 340 g/mol. The highest BCUT2D eigenvalue weighted by atomic mass is 16.5. The zero-order valence-electron chi connectivity index (χ0n) is 15.5. The van der Waals surface area contributed by atoms with Crippen molar-refractivity contribution in [1.82, 2.24) is 9.80 Å². The van der Waals surface area contributed by atoms with Crippen molar-refractivity contribution in [2.45, 2.75) is 25.5 Å². The van der Waals surface area contributed by atoms with Crippen molar-refractivity contribution >= 4 is 11.8 Å². The number of fused-ring (bicyclic) bond motifs is 4. The molecule has 3 saturated heterocycles. The van der Waals surface area contributed by atoms with Crippen molar-refractivity contribution in [2.75, 3.05) is 20.1 Å². The molecule has 0 radical (unpaired) electrons. The number of piperidine rings is 1. The Morgan fingerprint density at radius 2 is 1.78 bits per heavy atom. The fourth-order valence-electron chi connectivity index (χ4n) is 4.00. The second-order valence-corrected chi connectivity index (χ2v) is 7.36. The van der Waals surface area contributed by atoms with Crippen molar-refractivity contribution < 1.29 is 14.3 Å². The number of carbonyl (C=O) groups excluding carboxylic acids is 2. The van der Waals surface area contributed by atoms with Crippen molar-refractivity contribution in [2.24, 2.45) is 5.92 Å². The third kappa shape index (κ3) is 3.54. The van der Waals surface area contributed by atoms with Crippen LogP contribution in [0.2, 0.25) is 0 Å². The molecule has 3 fully saturated rings. The normalized spacial score (nSPS) is 21.9. The van der Waals surface area contributed by atoms with Gasteiger partial charge in [0.15, 0.2) is 0 Å². The molecule has 3 aliphatic rings. The lowest BCUT2D eigenvalue weighted by molar-refractivity contribution is -0.138. The molecule has 2 aromatic carbocycles. The van der Waals surface area contributed by atoms with Gasteiger partial charge in [-0.15, -0.1) is 0 Å². The fraction of sp³-hybridized carbons (Fsp3) is 0.364. The summed E-state index contributed by atoms with van der Waals surface area (Å²) < 4.78 is 5.95. The molecule has 27 heavy (non-hydrogen) atoms. The third-order valence-electron chi connectivity index (χ3n) is 5.61. The Balaban J connectivity index is 1.53. The fourth-order valence-corrected chi connectivity index (χ4v) is 4.00. The van der Waals surface area contributed by atoms with E-state index in [4.69, 9.17) is 4.74 Å². The van der Waals surface area contributed by atoms with E-state index >= 15 is 0 Å². The second-order valence-electron chi connectivity index (χ2n) is 7.36. The first kappa shape index (κ1) is 17.6. The lowest BCUT2D eigenvalue weighted by Crippen LogP contribution is -2.45. The number of benzene rings is 2. The maximum atomic E-state index is 13.2. The minimum Gasteiger partial charge on any atom is -0.488 e. The Morgan fingerprint density at radius 1 is 1.04 bits per heavy atom. The molecule has 0 unspecified atom stereocenters. The van der Waals surface area contributed by atoms with Crippen molar-refractivity contribution in [3.8, 4) is 5.75 Å². The summed E-state index contributed by atoms with van der Waals surface area (Å²) in [5, 5.41) is 0. The van der Waals surface area contributed by atoms with Gasteiger partial charge in [-0.1, -0.05) is 42.5 Å². The minimum absolute atomic E-state index is 0.0568. The van der Waals surface area contributed by atoms with Crippen molar-refractivity contribution in [1.29, 1.82) is 0 Å². The van der Waals surface area contributed by atoms with Crippen molar-refractivity contribution in [3.05, 3.63) is 65.7 Å². The zero-order chi connectivity index (χ0) is 18.8. The number of rotatable bonds is 4. The monoisotopic (exact) mass is 364 g/mol. The Labute approximate surface area is 159 Å². The Kier molecular flexibility index (Phi) is 4.84. The molecule has 3 aliphatic heterocycles. The molecule has 5 nitrogen and oxygen atoms in total. The Morgan fingerprint density at radius 3 is 2.59 bits per heavy atom. The maximum absolute atomic E-state index is 13.2. The van der Waals surface area contributed by atoms with Crippen LogP contribution in [0.25, 0.3) is 0 Å². The van der Waals surface area contributed by atoms with Crippen LogP contribution >= 0.6 is 0 Å². The predicted octanol–water partition coefficient (Wildman–Crippen LogP) is 2.96. The van der Waals surface area contributed by atoms with Gasteiger partial charge in [0.25, 0.3) is 5.91 Å². The van der Waals surface area contributed by atoms with E-state index in [0.717, 1.165) is 18.4 Å². The standard InChI is InChI=1S/C22H24N2O3/c1-23-18-12-11-17(21(23)25)13-24(14-18)22(26)19-9-5-6-10-20(19)27-15-16-7-3-2-4-8-16/h2-10,17-18H,11-15H2,1H3/t17-,18+/m0/s1. The van der Waals surface area contributed by atoms with E-state index in [9.17, 15) is 9.59 Å². The van der Waals surface area contributed by atoms with Gasteiger partial charge in [-0.05, 0) is 30.5 Å². The molecule has 2 aromatic rings. The summed E-state index contributed by atoms with van der Waals surface area (Å²) in [5.74, 6) is 0.603. The first-order valence-corrected chi connectivity index (χ1v) is 9.45. The molecule has 5 rings (SSSR count). The molecule has 2 bridgehead atoms. The van der Waals surface area contributed by atoms with E-state index in [-0.39, 0.29) is 23.8 Å². The van der Waals surface area contributed by atoms with E-state index in [1.165, 1.54) is 0 Å². The first-order chi connectivity index (χ1) is 13.1. The number of hydrogen-bond acceptors (Lipinski definition) is 3. The summed E-state index contributed by atoms with van der Waals surface area (Å²) in [4.78, 5) is 29.3. The van der Waals surface area contributed by atoms with Crippen LogP contribution in [0.5, 0.6) is 5.75 Å². The summed E-state index contributed by atoms with van der Waals surface area (Å²) in [5.41, 5.74) is 1.62. The zero-order valence-corrected chi connectivity index (χ0v) is 15.5. The average molecular weight is 364 g/mol. The molecule has 0 spiro atoms. The Bertz CT molecular complexity index is 836. The van der Waals surface area contributed by atoms with Gasteiger partial charge in [-0.3, -0.25) is 9.59 Å². The van der Waals surface area contributed by atoms with Gasteiger partial charge in [0.1, 0.15) is 12.4 Å². The lowest BCUT2D eigenvalue weighted by Gasteiger charge is -2.32. The molecule has 3 heterocycles. The van der Waals surface area contributed by atoms with Gasteiger partial charge >= 0.3 is 0 Å². The summed E-state index contributed by atoms with van der Waals surface area (Å²) in [6.45, 7) is 1.49. The molecule has 0 N–H and O–H groups in total. The summed E-state index contributed by atoms with van der Waals surface area (Å²) in [6, 6.07) is 17.4. The summed E-state index contributed by atoms with van der Waals surface area (Å²) >= 11 is 0. The number of likely N-dealkylation sites (N-methyl/N-ethyl adjacent to an activating group) is 1. The molecule has 0 aromatic heterocycles. The third-order valence-corrected chi connectivity index (χ3v) is 5.61. The van der Waals surface area contributed by atoms with Crippen LogP contribution in [0.3, 0.4) is 0 Å². The van der Waals surface area contributed by atoms with E-state index in [1.807, 2.05) is 65.4 Å². The van der Waals surface area contributed by atoms with Gasteiger partial charge in [0, 0.05) is 26.2 Å². The number of amides is 2. The first-order valence-electron chi connectivity index (χ1n) is 9.45. The molecular formula is C22H24N2O3. The lowest BCUT2D eigenvalue weighted by atomic mass is 9.95. The van der Waals surface area contributed by atoms with Crippen LogP contribution in [0.4, 0.5) is 0 Å². The molecule has 0 saturated carbocycles. The highest BCUT2D eigenvalue weighted by molar-refractivity contribution is 5.97.